The number of methoxy groups -OCH3 is 1. The summed E-state index contributed by atoms with van der Waals surface area (Å²) in [6.07, 6.45) is 0.214. The van der Waals surface area contributed by atoms with Gasteiger partial charge in [-0.1, -0.05) is 48.5 Å². The third-order valence-corrected chi connectivity index (χ3v) is 7.57. The van der Waals surface area contributed by atoms with E-state index in [1.54, 1.807) is 31.4 Å². The van der Waals surface area contributed by atoms with Crippen LogP contribution in [0.1, 0.15) is 5.56 Å². The summed E-state index contributed by atoms with van der Waals surface area (Å²) in [5, 5.41) is 2.52. The fourth-order valence-electron chi connectivity index (χ4n) is 5.88. The fourth-order valence-corrected chi connectivity index (χ4v) is 5.88. The summed E-state index contributed by atoms with van der Waals surface area (Å²) >= 11 is 0. The second-order valence-electron chi connectivity index (χ2n) is 9.34. The summed E-state index contributed by atoms with van der Waals surface area (Å²) in [5.41, 5.74) is 1.82. The van der Waals surface area contributed by atoms with Crippen molar-refractivity contribution in [1.29, 1.82) is 0 Å². The van der Waals surface area contributed by atoms with Crippen LogP contribution < -0.4 is 24.8 Å². The molecule has 8 nitrogen and oxygen atoms in total. The number of fused-ring (bicyclic) bond motifs is 4. The lowest BCUT2D eigenvalue weighted by atomic mass is 9.67. The fraction of sp³-hybridized carbons (Fsp3) is 0.250. The molecular formula is C28H26N4O4. The number of ether oxygens (including phenoxy) is 1. The normalized spacial score (nSPS) is 23.3. The van der Waals surface area contributed by atoms with Crippen molar-refractivity contribution in [2.45, 2.75) is 12.5 Å². The van der Waals surface area contributed by atoms with E-state index in [1.807, 2.05) is 54.6 Å². The quantitative estimate of drug-likeness (QED) is 0.578. The summed E-state index contributed by atoms with van der Waals surface area (Å²) in [4.78, 5) is 46.5. The number of anilines is 3. The van der Waals surface area contributed by atoms with Gasteiger partial charge in [0.2, 0.25) is 5.91 Å². The van der Waals surface area contributed by atoms with E-state index in [2.05, 4.69) is 15.1 Å². The molecule has 182 valence electrons. The third-order valence-electron chi connectivity index (χ3n) is 7.57. The smallest absolute Gasteiger partial charge is 0.335 e. The van der Waals surface area contributed by atoms with Crippen molar-refractivity contribution in [3.63, 3.8) is 0 Å². The van der Waals surface area contributed by atoms with Gasteiger partial charge in [0.05, 0.1) is 24.5 Å². The lowest BCUT2D eigenvalue weighted by Crippen LogP contribution is -2.75. The van der Waals surface area contributed by atoms with E-state index in [0.29, 0.717) is 25.3 Å². The second-order valence-corrected chi connectivity index (χ2v) is 9.34. The minimum atomic E-state index is -1.47. The number of imide groups is 2. The molecule has 2 atom stereocenters. The summed E-state index contributed by atoms with van der Waals surface area (Å²) < 4.78 is 5.60. The molecule has 8 heteroatoms. The van der Waals surface area contributed by atoms with Crippen LogP contribution in [-0.2, 0) is 16.0 Å². The maximum absolute atomic E-state index is 14.3. The molecule has 0 aliphatic carbocycles. The molecule has 3 aliphatic heterocycles. The zero-order valence-electron chi connectivity index (χ0n) is 19.9. The number of rotatable bonds is 3. The zero-order chi connectivity index (χ0) is 24.9. The number of benzene rings is 3. The van der Waals surface area contributed by atoms with E-state index in [4.69, 9.17) is 4.74 Å². The topological polar surface area (TPSA) is 82.2 Å². The van der Waals surface area contributed by atoms with Crippen LogP contribution in [0.5, 0.6) is 5.75 Å². The lowest BCUT2D eigenvalue weighted by molar-refractivity contribution is -0.144. The highest BCUT2D eigenvalue weighted by Crippen LogP contribution is 2.47. The molecule has 0 saturated carbocycles. The molecule has 0 bridgehead atoms. The number of barbiturate groups is 1. The number of para-hydroxylation sites is 4. The van der Waals surface area contributed by atoms with Crippen LogP contribution in [0.2, 0.25) is 0 Å². The first kappa shape index (κ1) is 22.2. The van der Waals surface area contributed by atoms with Crippen molar-refractivity contribution in [3.8, 4) is 5.75 Å². The SMILES string of the molecule is COc1ccccc1N1CCN2c3ccccc3CC3(C(=O)NC(=O)N(c4ccccc4)C3=O)C2C1. The minimum Gasteiger partial charge on any atom is -0.495 e. The Balaban J connectivity index is 1.49. The zero-order valence-corrected chi connectivity index (χ0v) is 19.9. The van der Waals surface area contributed by atoms with Crippen LogP contribution in [0.4, 0.5) is 21.9 Å². The molecule has 2 unspecified atom stereocenters. The Labute approximate surface area is 209 Å². The maximum atomic E-state index is 14.3. The van der Waals surface area contributed by atoms with Gasteiger partial charge in [-0.25, -0.2) is 9.69 Å². The maximum Gasteiger partial charge on any atom is 0.335 e. The molecule has 3 heterocycles. The summed E-state index contributed by atoms with van der Waals surface area (Å²) in [5.74, 6) is -0.304. The first-order valence-corrected chi connectivity index (χ1v) is 12.0. The van der Waals surface area contributed by atoms with Gasteiger partial charge in [0.1, 0.15) is 5.75 Å². The highest BCUT2D eigenvalue weighted by Gasteiger charge is 2.63. The summed E-state index contributed by atoms with van der Waals surface area (Å²) in [6.45, 7) is 1.73. The first-order chi connectivity index (χ1) is 17.5. The molecule has 1 spiro atoms. The van der Waals surface area contributed by atoms with Gasteiger partial charge in [-0.15, -0.1) is 0 Å². The molecule has 36 heavy (non-hydrogen) atoms. The van der Waals surface area contributed by atoms with Gasteiger partial charge in [-0.2, -0.15) is 0 Å². The predicted molar refractivity (Wildman–Crippen MR) is 136 cm³/mol. The van der Waals surface area contributed by atoms with E-state index in [-0.39, 0.29) is 6.42 Å². The van der Waals surface area contributed by atoms with Crippen molar-refractivity contribution < 1.29 is 19.1 Å². The molecule has 3 aliphatic rings. The Bertz CT molecular complexity index is 1360. The van der Waals surface area contributed by atoms with E-state index in [1.165, 1.54) is 0 Å². The molecule has 3 aromatic carbocycles. The van der Waals surface area contributed by atoms with Gasteiger partial charge in [0, 0.05) is 25.3 Å². The average molecular weight is 483 g/mol. The number of hydrogen-bond acceptors (Lipinski definition) is 6. The number of carbonyl (C=O) groups is 3. The number of urea groups is 1. The van der Waals surface area contributed by atoms with Crippen molar-refractivity contribution in [3.05, 3.63) is 84.4 Å². The van der Waals surface area contributed by atoms with E-state index >= 15 is 0 Å². The molecule has 0 radical (unpaired) electrons. The van der Waals surface area contributed by atoms with Gasteiger partial charge < -0.3 is 14.5 Å². The molecule has 1 N–H and O–H groups in total. The van der Waals surface area contributed by atoms with E-state index < -0.39 is 29.3 Å². The summed E-state index contributed by atoms with van der Waals surface area (Å²) in [7, 11) is 1.63. The van der Waals surface area contributed by atoms with Gasteiger partial charge in [0.15, 0.2) is 5.41 Å². The molecule has 2 saturated heterocycles. The van der Waals surface area contributed by atoms with Crippen LogP contribution in [-0.4, -0.2) is 50.6 Å². The minimum absolute atomic E-state index is 0.214. The van der Waals surface area contributed by atoms with Gasteiger partial charge in [-0.3, -0.25) is 14.9 Å². The van der Waals surface area contributed by atoms with Crippen LogP contribution in [0, 0.1) is 5.41 Å². The third kappa shape index (κ3) is 3.17. The molecule has 0 aromatic heterocycles. The average Bonchev–Trinajstić information content (AvgIpc) is 2.92. The first-order valence-electron chi connectivity index (χ1n) is 12.0. The predicted octanol–water partition coefficient (Wildman–Crippen LogP) is 3.22. The Kier molecular flexibility index (Phi) is 5.17. The van der Waals surface area contributed by atoms with Crippen molar-refractivity contribution in [2.75, 3.05) is 41.4 Å². The number of piperazine rings is 1. The highest BCUT2D eigenvalue weighted by molar-refractivity contribution is 6.30. The number of carbonyl (C=O) groups excluding carboxylic acids is 3. The molecule has 4 amide bonds. The Morgan fingerprint density at radius 2 is 1.56 bits per heavy atom. The lowest BCUT2D eigenvalue weighted by Gasteiger charge is -2.55. The highest BCUT2D eigenvalue weighted by atomic mass is 16.5. The van der Waals surface area contributed by atoms with Gasteiger partial charge in [-0.05, 0) is 42.3 Å². The number of amides is 4. The van der Waals surface area contributed by atoms with Crippen LogP contribution in [0.25, 0.3) is 0 Å². The van der Waals surface area contributed by atoms with Gasteiger partial charge in [0.25, 0.3) is 5.91 Å². The molecular weight excluding hydrogens is 456 g/mol. The van der Waals surface area contributed by atoms with Crippen LogP contribution in [0.15, 0.2) is 78.9 Å². The summed E-state index contributed by atoms with van der Waals surface area (Å²) in [6, 6.07) is 23.2. The number of nitrogens with zero attached hydrogens (tertiary/aromatic N) is 3. The second kappa shape index (κ2) is 8.41. The Morgan fingerprint density at radius 3 is 2.33 bits per heavy atom. The monoisotopic (exact) mass is 482 g/mol. The van der Waals surface area contributed by atoms with Crippen molar-refractivity contribution in [2.24, 2.45) is 5.41 Å². The van der Waals surface area contributed by atoms with Crippen LogP contribution >= 0.6 is 0 Å². The van der Waals surface area contributed by atoms with Crippen LogP contribution in [0.3, 0.4) is 0 Å². The van der Waals surface area contributed by atoms with E-state index in [9.17, 15) is 14.4 Å². The van der Waals surface area contributed by atoms with Crippen molar-refractivity contribution >= 4 is 34.9 Å². The molecule has 2 fully saturated rings. The number of hydrogen-bond donors (Lipinski definition) is 1. The number of nitrogens with one attached hydrogen (secondary N) is 1. The standard InChI is InChI=1S/C28H26N4O4/c1-36-23-14-8-7-13-22(23)30-15-16-31-21-12-6-5-9-19(21)17-28(24(31)18-30)25(33)29-27(35)32(26(28)34)20-10-3-2-4-11-20/h2-14,24H,15-18H2,1H3,(H,29,33,35). The van der Waals surface area contributed by atoms with Gasteiger partial charge >= 0.3 is 6.03 Å². The largest absolute Gasteiger partial charge is 0.495 e. The van der Waals surface area contributed by atoms with Crippen molar-refractivity contribution in [1.82, 2.24) is 5.32 Å². The Morgan fingerprint density at radius 1 is 0.861 bits per heavy atom. The molecule has 3 aromatic rings. The van der Waals surface area contributed by atoms with E-state index in [0.717, 1.165) is 27.6 Å². The Hall–Kier alpha value is -4.33. The molecule has 6 rings (SSSR count).